The van der Waals surface area contributed by atoms with Gasteiger partial charge in [-0.3, -0.25) is 5.10 Å². The summed E-state index contributed by atoms with van der Waals surface area (Å²) in [5.74, 6) is 1.00. The van der Waals surface area contributed by atoms with Gasteiger partial charge < -0.3 is 10.1 Å². The molecule has 18 heavy (non-hydrogen) atoms. The number of rotatable bonds is 3. The molecule has 0 unspecified atom stereocenters. The average Bonchev–Trinajstić information content (AvgIpc) is 2.94. The monoisotopic (exact) mass is 343 g/mol. The van der Waals surface area contributed by atoms with E-state index >= 15 is 0 Å². The van der Waals surface area contributed by atoms with Crippen LogP contribution in [0, 0.1) is 3.95 Å². The SMILES string of the molecule is S=c1[nH]nc(NCc2cc(Br)cc3c2OCC3)s1. The molecule has 94 valence electrons. The van der Waals surface area contributed by atoms with E-state index in [9.17, 15) is 0 Å². The van der Waals surface area contributed by atoms with E-state index in [4.69, 9.17) is 17.0 Å². The highest BCUT2D eigenvalue weighted by Gasteiger charge is 2.17. The van der Waals surface area contributed by atoms with Crippen LogP contribution in [0.2, 0.25) is 0 Å². The van der Waals surface area contributed by atoms with Gasteiger partial charge in [-0.2, -0.15) is 0 Å². The van der Waals surface area contributed by atoms with E-state index in [2.05, 4.69) is 43.6 Å². The second-order valence-electron chi connectivity index (χ2n) is 3.92. The molecule has 0 spiro atoms. The molecule has 1 aliphatic heterocycles. The highest BCUT2D eigenvalue weighted by Crippen LogP contribution is 2.33. The molecule has 7 heteroatoms. The van der Waals surface area contributed by atoms with Crippen LogP contribution in [0.5, 0.6) is 5.75 Å². The third-order valence-corrected chi connectivity index (χ3v) is 4.20. The minimum Gasteiger partial charge on any atom is -0.493 e. The van der Waals surface area contributed by atoms with Crippen molar-refractivity contribution >= 4 is 44.6 Å². The molecule has 0 aliphatic carbocycles. The number of aromatic amines is 1. The van der Waals surface area contributed by atoms with Gasteiger partial charge in [-0.05, 0) is 29.9 Å². The van der Waals surface area contributed by atoms with Crippen LogP contribution >= 0.6 is 39.5 Å². The summed E-state index contributed by atoms with van der Waals surface area (Å²) in [6.07, 6.45) is 0.975. The first-order valence-corrected chi connectivity index (χ1v) is 7.47. The van der Waals surface area contributed by atoms with Crippen LogP contribution in [0.3, 0.4) is 0 Å². The smallest absolute Gasteiger partial charge is 0.204 e. The van der Waals surface area contributed by atoms with E-state index in [1.807, 2.05) is 0 Å². The van der Waals surface area contributed by atoms with Gasteiger partial charge in [0.05, 0.1) is 6.61 Å². The Labute approximate surface area is 122 Å². The van der Waals surface area contributed by atoms with Crippen LogP contribution in [0.25, 0.3) is 0 Å². The third kappa shape index (κ3) is 2.43. The first kappa shape index (κ1) is 12.1. The zero-order chi connectivity index (χ0) is 12.5. The quantitative estimate of drug-likeness (QED) is 0.837. The molecule has 4 nitrogen and oxygen atoms in total. The molecule has 1 aromatic heterocycles. The van der Waals surface area contributed by atoms with Crippen molar-refractivity contribution in [2.45, 2.75) is 13.0 Å². The van der Waals surface area contributed by atoms with Crippen molar-refractivity contribution in [1.29, 1.82) is 0 Å². The summed E-state index contributed by atoms with van der Waals surface area (Å²) in [5.41, 5.74) is 2.40. The van der Waals surface area contributed by atoms with Crippen LogP contribution in [0.4, 0.5) is 5.13 Å². The highest BCUT2D eigenvalue weighted by atomic mass is 79.9. The van der Waals surface area contributed by atoms with Crippen molar-refractivity contribution in [2.75, 3.05) is 11.9 Å². The van der Waals surface area contributed by atoms with Crippen LogP contribution in [-0.4, -0.2) is 16.8 Å². The van der Waals surface area contributed by atoms with E-state index in [-0.39, 0.29) is 0 Å². The second kappa shape index (κ2) is 4.99. The minimum absolute atomic E-state index is 0.674. The molecule has 0 saturated carbocycles. The van der Waals surface area contributed by atoms with E-state index in [0.717, 1.165) is 33.9 Å². The molecule has 0 fully saturated rings. The molecular weight excluding hydrogens is 334 g/mol. The summed E-state index contributed by atoms with van der Waals surface area (Å²) in [5, 5.41) is 10.9. The van der Waals surface area contributed by atoms with Gasteiger partial charge in [-0.25, -0.2) is 0 Å². The predicted molar refractivity (Wildman–Crippen MR) is 78.0 cm³/mol. The number of anilines is 1. The fourth-order valence-corrected chi connectivity index (χ4v) is 3.29. The molecule has 1 aliphatic rings. The Morgan fingerprint density at radius 2 is 2.44 bits per heavy atom. The van der Waals surface area contributed by atoms with Gasteiger partial charge in [0.25, 0.3) is 0 Å². The molecule has 0 amide bonds. The minimum atomic E-state index is 0.674. The number of nitrogens with zero attached hydrogens (tertiary/aromatic N) is 1. The molecule has 0 saturated heterocycles. The number of benzene rings is 1. The Morgan fingerprint density at radius 1 is 1.56 bits per heavy atom. The molecule has 3 rings (SSSR count). The summed E-state index contributed by atoms with van der Waals surface area (Å²) < 4.78 is 7.43. The van der Waals surface area contributed by atoms with E-state index in [1.54, 1.807) is 0 Å². The normalized spacial score (nSPS) is 13.2. The van der Waals surface area contributed by atoms with Gasteiger partial charge in [0.1, 0.15) is 5.75 Å². The summed E-state index contributed by atoms with van der Waals surface area (Å²) in [6.45, 7) is 1.44. The summed E-state index contributed by atoms with van der Waals surface area (Å²) in [7, 11) is 0. The summed E-state index contributed by atoms with van der Waals surface area (Å²) in [4.78, 5) is 0. The topological polar surface area (TPSA) is 49.9 Å². The fraction of sp³-hybridized carbons (Fsp3) is 0.273. The standard InChI is InChI=1S/C11H10BrN3OS2/c12-8-3-6-1-2-16-9(6)7(4-8)5-13-10-14-15-11(17)18-10/h3-4H,1-2,5H2,(H,13,14)(H,15,17). The van der Waals surface area contributed by atoms with E-state index < -0.39 is 0 Å². The first-order valence-electron chi connectivity index (χ1n) is 5.46. The Balaban J connectivity index is 1.82. The van der Waals surface area contributed by atoms with Gasteiger partial charge in [0.2, 0.25) is 5.13 Å². The van der Waals surface area contributed by atoms with Crippen molar-refractivity contribution in [1.82, 2.24) is 10.2 Å². The van der Waals surface area contributed by atoms with Crippen LogP contribution in [0.15, 0.2) is 16.6 Å². The van der Waals surface area contributed by atoms with Crippen molar-refractivity contribution in [3.05, 3.63) is 31.7 Å². The number of fused-ring (bicyclic) bond motifs is 1. The first-order chi connectivity index (χ1) is 8.72. The average molecular weight is 344 g/mol. The lowest BCUT2D eigenvalue weighted by Gasteiger charge is -2.09. The molecule has 2 aromatic rings. The molecule has 2 N–H and O–H groups in total. The lowest BCUT2D eigenvalue weighted by atomic mass is 10.1. The Kier molecular flexibility index (Phi) is 3.36. The number of H-pyrrole nitrogens is 1. The third-order valence-electron chi connectivity index (χ3n) is 2.69. The fourth-order valence-electron chi connectivity index (χ4n) is 1.95. The maximum atomic E-state index is 5.67. The zero-order valence-electron chi connectivity index (χ0n) is 9.33. The lowest BCUT2D eigenvalue weighted by molar-refractivity contribution is 0.354. The van der Waals surface area contributed by atoms with Gasteiger partial charge in [-0.15, -0.1) is 5.10 Å². The molecule has 1 aromatic carbocycles. The van der Waals surface area contributed by atoms with Gasteiger partial charge in [0.15, 0.2) is 3.95 Å². The molecular formula is C11H10BrN3OS2. The summed E-state index contributed by atoms with van der Waals surface area (Å²) >= 11 is 9.95. The number of ether oxygens (including phenoxy) is 1. The molecule has 2 heterocycles. The predicted octanol–water partition coefficient (Wildman–Crippen LogP) is 3.51. The van der Waals surface area contributed by atoms with Crippen molar-refractivity contribution in [3.8, 4) is 5.75 Å². The lowest BCUT2D eigenvalue weighted by Crippen LogP contribution is -2.01. The number of hydrogen-bond donors (Lipinski definition) is 2. The van der Waals surface area contributed by atoms with E-state index in [1.165, 1.54) is 16.9 Å². The number of hydrogen-bond acceptors (Lipinski definition) is 5. The maximum absolute atomic E-state index is 5.67. The van der Waals surface area contributed by atoms with Gasteiger partial charge in [0, 0.05) is 23.0 Å². The number of halogens is 1. The Hall–Kier alpha value is -0.920. The Morgan fingerprint density at radius 3 is 3.22 bits per heavy atom. The van der Waals surface area contributed by atoms with Crippen molar-refractivity contribution < 1.29 is 4.74 Å². The molecule has 0 radical (unpaired) electrons. The van der Waals surface area contributed by atoms with E-state index in [0.29, 0.717) is 10.5 Å². The van der Waals surface area contributed by atoms with Crippen LogP contribution in [-0.2, 0) is 13.0 Å². The molecule has 0 atom stereocenters. The number of nitrogens with one attached hydrogen (secondary N) is 2. The summed E-state index contributed by atoms with van der Waals surface area (Å²) in [6, 6.07) is 4.19. The van der Waals surface area contributed by atoms with Gasteiger partial charge >= 0.3 is 0 Å². The van der Waals surface area contributed by atoms with Crippen molar-refractivity contribution in [2.24, 2.45) is 0 Å². The van der Waals surface area contributed by atoms with Gasteiger partial charge in [-0.1, -0.05) is 27.3 Å². The Bertz CT molecular complexity index is 637. The number of aromatic nitrogens is 2. The zero-order valence-corrected chi connectivity index (χ0v) is 12.5. The van der Waals surface area contributed by atoms with Crippen LogP contribution < -0.4 is 10.1 Å². The second-order valence-corrected chi connectivity index (χ2v) is 6.50. The van der Waals surface area contributed by atoms with Crippen LogP contribution in [0.1, 0.15) is 11.1 Å². The maximum Gasteiger partial charge on any atom is 0.204 e. The largest absolute Gasteiger partial charge is 0.493 e. The molecule has 0 bridgehead atoms. The van der Waals surface area contributed by atoms with Crippen molar-refractivity contribution in [3.63, 3.8) is 0 Å². The highest BCUT2D eigenvalue weighted by molar-refractivity contribution is 9.10.